The van der Waals surface area contributed by atoms with Crippen LogP contribution in [0.15, 0.2) is 212 Å². The standard InChI is InChI=1S/C61H41N3O2/c1-60(2)48-24-14-12-22-45(48)46-32-30-42(36-51(46)60)59-63-57(39-16-6-3-7-17-39)62-58(64-59)40-28-26-38(27-29-40)41-31-34-52-54(37-41)65-53-35-33-50-55(56(53)66-52)47-23-13-15-25-49(47)61(50,43-18-8-4-9-19-43)44-20-10-5-11-21-44/h3-37H,1-2H3. The Kier molecular flexibility index (Phi) is 8.40. The summed E-state index contributed by atoms with van der Waals surface area (Å²) in [7, 11) is 0. The molecular weight excluding hydrogens is 807 g/mol. The molecule has 13 rings (SSSR count). The Hall–Kier alpha value is -8.41. The van der Waals surface area contributed by atoms with E-state index in [4.69, 9.17) is 24.4 Å². The minimum Gasteiger partial charge on any atom is -0.449 e. The predicted octanol–water partition coefficient (Wildman–Crippen LogP) is 15.1. The molecule has 1 aliphatic heterocycles. The minimum absolute atomic E-state index is 0.141. The van der Waals surface area contributed by atoms with Crippen LogP contribution in [0.2, 0.25) is 0 Å². The summed E-state index contributed by atoms with van der Waals surface area (Å²) in [4.78, 5) is 15.2. The maximum Gasteiger partial charge on any atom is 0.178 e. The first-order chi connectivity index (χ1) is 32.4. The fourth-order valence-electron chi connectivity index (χ4n) is 10.7. The van der Waals surface area contributed by atoms with Crippen LogP contribution >= 0.6 is 0 Å². The van der Waals surface area contributed by atoms with Crippen molar-refractivity contribution < 1.29 is 9.47 Å². The second-order valence-corrected chi connectivity index (χ2v) is 17.9. The van der Waals surface area contributed by atoms with Crippen molar-refractivity contribution in [2.24, 2.45) is 0 Å². The fraction of sp³-hybridized carbons (Fsp3) is 0.0656. The minimum atomic E-state index is -0.527. The SMILES string of the molecule is CC1(C)c2ccccc2-c2ccc(-c3nc(-c4ccccc4)nc(-c4ccc(-c5ccc6c(c5)Oc5ccc7c(c5O6)-c5ccccc5C7(c5ccccc5)c5ccccc5)cc4)n3)cc21. The number of fused-ring (bicyclic) bond motifs is 9. The molecule has 5 nitrogen and oxygen atoms in total. The maximum absolute atomic E-state index is 6.91. The number of hydrogen-bond acceptors (Lipinski definition) is 5. The molecule has 312 valence electrons. The molecule has 0 amide bonds. The second kappa shape index (κ2) is 14.6. The summed E-state index contributed by atoms with van der Waals surface area (Å²) in [6.45, 7) is 4.59. The van der Waals surface area contributed by atoms with Gasteiger partial charge in [-0.1, -0.05) is 202 Å². The van der Waals surface area contributed by atoms with Crippen molar-refractivity contribution in [1.82, 2.24) is 15.0 Å². The maximum atomic E-state index is 6.91. The van der Waals surface area contributed by atoms with Gasteiger partial charge in [0.2, 0.25) is 0 Å². The van der Waals surface area contributed by atoms with Gasteiger partial charge in [-0.25, -0.2) is 15.0 Å². The summed E-state index contributed by atoms with van der Waals surface area (Å²) in [5, 5.41) is 0. The molecule has 1 aromatic heterocycles. The van der Waals surface area contributed by atoms with Gasteiger partial charge in [-0.3, -0.25) is 0 Å². The van der Waals surface area contributed by atoms with Gasteiger partial charge in [0.1, 0.15) is 0 Å². The molecule has 5 heteroatoms. The van der Waals surface area contributed by atoms with Gasteiger partial charge in [-0.2, -0.15) is 0 Å². The van der Waals surface area contributed by atoms with E-state index in [2.05, 4.69) is 190 Å². The number of benzene rings is 9. The lowest BCUT2D eigenvalue weighted by Crippen LogP contribution is -2.28. The Balaban J connectivity index is 0.845. The van der Waals surface area contributed by atoms with Gasteiger partial charge in [0.05, 0.1) is 5.41 Å². The summed E-state index contributed by atoms with van der Waals surface area (Å²) in [5.41, 5.74) is 16.4. The molecular formula is C61H41N3O2. The van der Waals surface area contributed by atoms with Crippen LogP contribution in [0, 0.1) is 0 Å². The highest BCUT2D eigenvalue weighted by Gasteiger charge is 2.48. The molecule has 3 aliphatic rings. The van der Waals surface area contributed by atoms with Crippen LogP contribution in [0.4, 0.5) is 0 Å². The van der Waals surface area contributed by atoms with Crippen LogP contribution in [0.1, 0.15) is 47.2 Å². The first-order valence-electron chi connectivity index (χ1n) is 22.5. The Bertz CT molecular complexity index is 3510. The highest BCUT2D eigenvalue weighted by molar-refractivity contribution is 5.92. The third-order valence-corrected chi connectivity index (χ3v) is 13.9. The Morgan fingerprint density at radius 2 is 0.848 bits per heavy atom. The molecule has 10 aromatic rings. The van der Waals surface area contributed by atoms with Crippen molar-refractivity contribution in [1.29, 1.82) is 0 Å². The Morgan fingerprint density at radius 3 is 1.55 bits per heavy atom. The lowest BCUT2D eigenvalue weighted by atomic mass is 9.68. The zero-order valence-corrected chi connectivity index (χ0v) is 36.4. The number of nitrogens with zero attached hydrogens (tertiary/aromatic N) is 3. The number of aromatic nitrogens is 3. The first kappa shape index (κ1) is 38.1. The molecule has 0 bridgehead atoms. The summed E-state index contributed by atoms with van der Waals surface area (Å²) >= 11 is 0. The molecule has 2 aliphatic carbocycles. The third-order valence-electron chi connectivity index (χ3n) is 13.9. The van der Waals surface area contributed by atoms with E-state index in [0.717, 1.165) is 44.7 Å². The highest BCUT2D eigenvalue weighted by atomic mass is 16.6. The molecule has 0 N–H and O–H groups in total. The molecule has 66 heavy (non-hydrogen) atoms. The monoisotopic (exact) mass is 847 g/mol. The Labute approximate surface area is 383 Å². The average Bonchev–Trinajstić information content (AvgIpc) is 3.82. The molecule has 0 saturated carbocycles. The van der Waals surface area contributed by atoms with Gasteiger partial charge >= 0.3 is 0 Å². The van der Waals surface area contributed by atoms with Crippen molar-refractivity contribution in [3.05, 3.63) is 246 Å². The summed E-state index contributed by atoms with van der Waals surface area (Å²) in [6, 6.07) is 74.7. The van der Waals surface area contributed by atoms with E-state index in [1.807, 2.05) is 36.4 Å². The Morgan fingerprint density at radius 1 is 0.333 bits per heavy atom. The smallest absolute Gasteiger partial charge is 0.178 e. The zero-order chi connectivity index (χ0) is 44.0. The summed E-state index contributed by atoms with van der Waals surface area (Å²) < 4.78 is 13.7. The lowest BCUT2D eigenvalue weighted by molar-refractivity contribution is 0.360. The highest BCUT2D eigenvalue weighted by Crippen LogP contribution is 2.62. The van der Waals surface area contributed by atoms with Gasteiger partial charge < -0.3 is 9.47 Å². The van der Waals surface area contributed by atoms with Crippen LogP contribution in [0.5, 0.6) is 23.0 Å². The lowest BCUT2D eigenvalue weighted by Gasteiger charge is -2.34. The van der Waals surface area contributed by atoms with Crippen LogP contribution in [-0.2, 0) is 10.8 Å². The van der Waals surface area contributed by atoms with Crippen molar-refractivity contribution in [3.8, 4) is 90.5 Å². The largest absolute Gasteiger partial charge is 0.449 e. The van der Waals surface area contributed by atoms with E-state index in [1.54, 1.807) is 0 Å². The van der Waals surface area contributed by atoms with Gasteiger partial charge in [0.25, 0.3) is 0 Å². The van der Waals surface area contributed by atoms with E-state index in [0.29, 0.717) is 34.7 Å². The molecule has 0 atom stereocenters. The molecule has 0 unspecified atom stereocenters. The molecule has 0 fully saturated rings. The third kappa shape index (κ3) is 5.69. The van der Waals surface area contributed by atoms with E-state index in [-0.39, 0.29) is 5.41 Å². The van der Waals surface area contributed by atoms with Crippen molar-refractivity contribution in [3.63, 3.8) is 0 Å². The number of hydrogen-bond donors (Lipinski definition) is 0. The van der Waals surface area contributed by atoms with E-state index in [1.165, 1.54) is 44.5 Å². The van der Waals surface area contributed by atoms with Crippen LogP contribution in [0.25, 0.3) is 67.5 Å². The molecule has 9 aromatic carbocycles. The molecule has 0 spiro atoms. The van der Waals surface area contributed by atoms with Crippen molar-refractivity contribution in [2.45, 2.75) is 24.7 Å². The van der Waals surface area contributed by atoms with Crippen LogP contribution in [-0.4, -0.2) is 15.0 Å². The van der Waals surface area contributed by atoms with Gasteiger partial charge in [0, 0.05) is 27.7 Å². The summed E-state index contributed by atoms with van der Waals surface area (Å²) in [6.07, 6.45) is 0. The average molecular weight is 848 g/mol. The zero-order valence-electron chi connectivity index (χ0n) is 36.4. The van der Waals surface area contributed by atoms with Crippen LogP contribution < -0.4 is 9.47 Å². The van der Waals surface area contributed by atoms with E-state index in [9.17, 15) is 0 Å². The molecule has 0 radical (unpaired) electrons. The van der Waals surface area contributed by atoms with Gasteiger partial charge in [-0.15, -0.1) is 0 Å². The first-order valence-corrected chi connectivity index (χ1v) is 22.5. The van der Waals surface area contributed by atoms with E-state index < -0.39 is 5.41 Å². The number of ether oxygens (including phenoxy) is 2. The topological polar surface area (TPSA) is 57.1 Å². The summed E-state index contributed by atoms with van der Waals surface area (Å²) in [5.74, 6) is 4.66. The van der Waals surface area contributed by atoms with Crippen LogP contribution in [0.3, 0.4) is 0 Å². The van der Waals surface area contributed by atoms with E-state index >= 15 is 0 Å². The fourth-order valence-corrected chi connectivity index (χ4v) is 10.7. The van der Waals surface area contributed by atoms with Gasteiger partial charge in [-0.05, 0) is 85.5 Å². The molecule has 0 saturated heterocycles. The normalized spacial score (nSPS) is 14.1. The van der Waals surface area contributed by atoms with Crippen molar-refractivity contribution >= 4 is 0 Å². The molecule has 2 heterocycles. The predicted molar refractivity (Wildman–Crippen MR) is 263 cm³/mol. The second-order valence-electron chi connectivity index (χ2n) is 17.9. The van der Waals surface area contributed by atoms with Gasteiger partial charge in [0.15, 0.2) is 40.5 Å². The van der Waals surface area contributed by atoms with Crippen molar-refractivity contribution in [2.75, 3.05) is 0 Å². The number of rotatable bonds is 6. The quantitative estimate of drug-likeness (QED) is 0.167.